The summed E-state index contributed by atoms with van der Waals surface area (Å²) in [6.07, 6.45) is 2.71. The Labute approximate surface area is 182 Å². The van der Waals surface area contributed by atoms with Gasteiger partial charge in [0.25, 0.3) is 5.56 Å². The van der Waals surface area contributed by atoms with Gasteiger partial charge in [-0.25, -0.2) is 18.4 Å². The molecule has 0 aliphatic rings. The number of nitrogens with zero attached hydrogens (tertiary/aromatic N) is 4. The first-order valence-electron chi connectivity index (χ1n) is 9.99. The molecule has 32 heavy (non-hydrogen) atoms. The summed E-state index contributed by atoms with van der Waals surface area (Å²) in [5, 5.41) is 7.19. The summed E-state index contributed by atoms with van der Waals surface area (Å²) in [5.74, 6) is -1.96. The number of hydrogen-bond acceptors (Lipinski definition) is 4. The zero-order valence-corrected chi connectivity index (χ0v) is 17.8. The summed E-state index contributed by atoms with van der Waals surface area (Å²) < 4.78 is 29.8. The van der Waals surface area contributed by atoms with Crippen LogP contribution in [0.5, 0.6) is 0 Å². The number of carbonyl (C=O) groups excluding carboxylic acids is 1. The molecule has 9 heteroatoms. The number of rotatable bonds is 5. The van der Waals surface area contributed by atoms with E-state index in [9.17, 15) is 18.4 Å². The number of aromatic nitrogens is 4. The summed E-state index contributed by atoms with van der Waals surface area (Å²) in [5.41, 5.74) is 3.02. The zero-order chi connectivity index (χ0) is 23.0. The van der Waals surface area contributed by atoms with Gasteiger partial charge in [0, 0.05) is 11.6 Å². The van der Waals surface area contributed by atoms with Crippen LogP contribution in [0.2, 0.25) is 0 Å². The zero-order valence-electron chi connectivity index (χ0n) is 17.8. The lowest BCUT2D eigenvalue weighted by atomic mass is 10.1. The van der Waals surface area contributed by atoms with E-state index >= 15 is 0 Å². The van der Waals surface area contributed by atoms with Gasteiger partial charge >= 0.3 is 0 Å². The van der Waals surface area contributed by atoms with E-state index in [0.717, 1.165) is 28.9 Å². The molecule has 0 bridgehead atoms. The van der Waals surface area contributed by atoms with Crippen LogP contribution in [-0.4, -0.2) is 25.2 Å². The number of fused-ring (bicyclic) bond motifs is 1. The van der Waals surface area contributed by atoms with Gasteiger partial charge < -0.3 is 5.32 Å². The van der Waals surface area contributed by atoms with E-state index < -0.39 is 29.1 Å². The van der Waals surface area contributed by atoms with Crippen molar-refractivity contribution in [2.45, 2.75) is 33.4 Å². The molecule has 0 radical (unpaired) electrons. The van der Waals surface area contributed by atoms with Crippen molar-refractivity contribution in [3.8, 4) is 5.69 Å². The Hall–Kier alpha value is -3.88. The predicted molar refractivity (Wildman–Crippen MR) is 116 cm³/mol. The quantitative estimate of drug-likeness (QED) is 0.519. The highest BCUT2D eigenvalue weighted by Crippen LogP contribution is 2.18. The molecule has 2 aromatic carbocycles. The number of hydrogen-bond donors (Lipinski definition) is 1. The molecule has 0 aliphatic heterocycles. The average molecular weight is 437 g/mol. The first-order chi connectivity index (χ1) is 15.2. The number of benzene rings is 2. The van der Waals surface area contributed by atoms with Crippen molar-refractivity contribution in [2.75, 3.05) is 0 Å². The fourth-order valence-corrected chi connectivity index (χ4v) is 3.70. The number of halogens is 2. The van der Waals surface area contributed by atoms with Crippen molar-refractivity contribution in [3.63, 3.8) is 0 Å². The fraction of sp³-hybridized carbons (Fsp3) is 0.217. The van der Waals surface area contributed by atoms with Gasteiger partial charge in [-0.15, -0.1) is 0 Å². The van der Waals surface area contributed by atoms with Gasteiger partial charge in [-0.2, -0.15) is 5.10 Å². The Morgan fingerprint density at radius 3 is 2.53 bits per heavy atom. The molecule has 4 aromatic rings. The topological polar surface area (TPSA) is 81.8 Å². The van der Waals surface area contributed by atoms with Gasteiger partial charge in [-0.3, -0.25) is 14.2 Å². The molecule has 0 spiro atoms. The minimum Gasteiger partial charge on any atom is -0.348 e. The minimum atomic E-state index is -0.753. The van der Waals surface area contributed by atoms with Crippen LogP contribution in [0.1, 0.15) is 29.7 Å². The number of aryl methyl sites for hydroxylation is 2. The van der Waals surface area contributed by atoms with Gasteiger partial charge in [0.15, 0.2) is 5.65 Å². The van der Waals surface area contributed by atoms with Gasteiger partial charge in [-0.1, -0.05) is 12.1 Å². The molecule has 1 atom stereocenters. The van der Waals surface area contributed by atoms with Crippen LogP contribution < -0.4 is 10.9 Å². The molecule has 2 aromatic heterocycles. The van der Waals surface area contributed by atoms with Crippen molar-refractivity contribution in [1.29, 1.82) is 0 Å². The van der Waals surface area contributed by atoms with Gasteiger partial charge in [-0.05, 0) is 50.1 Å². The lowest BCUT2D eigenvalue weighted by Gasteiger charge is -2.15. The normalized spacial score (nSPS) is 12.2. The van der Waals surface area contributed by atoms with Crippen LogP contribution in [-0.2, 0) is 11.3 Å². The molecule has 0 saturated carbocycles. The lowest BCUT2D eigenvalue weighted by molar-refractivity contribution is -0.122. The summed E-state index contributed by atoms with van der Waals surface area (Å²) in [6, 6.07) is 8.36. The van der Waals surface area contributed by atoms with Crippen LogP contribution in [0.15, 0.2) is 53.7 Å². The monoisotopic (exact) mass is 437 g/mol. The third kappa shape index (κ3) is 4.14. The summed E-state index contributed by atoms with van der Waals surface area (Å²) >= 11 is 0. The smallest absolute Gasteiger partial charge is 0.264 e. The SMILES string of the molecule is Cc1cc(C)cc(-n2ncc3c(=O)n(CC(=O)NC(C)c4ccc(F)cc4F)cnc32)c1. The van der Waals surface area contributed by atoms with E-state index in [0.29, 0.717) is 5.65 Å². The maximum Gasteiger partial charge on any atom is 0.264 e. The second-order valence-electron chi connectivity index (χ2n) is 7.77. The Balaban J connectivity index is 1.57. The molecule has 0 aliphatic carbocycles. The van der Waals surface area contributed by atoms with Crippen LogP contribution in [0.25, 0.3) is 16.7 Å². The first kappa shape index (κ1) is 21.4. The molecular weight excluding hydrogens is 416 g/mol. The molecule has 164 valence electrons. The highest BCUT2D eigenvalue weighted by molar-refractivity contribution is 5.78. The highest BCUT2D eigenvalue weighted by atomic mass is 19.1. The highest BCUT2D eigenvalue weighted by Gasteiger charge is 2.17. The van der Waals surface area contributed by atoms with Crippen LogP contribution in [0.4, 0.5) is 8.78 Å². The van der Waals surface area contributed by atoms with Crippen molar-refractivity contribution in [3.05, 3.63) is 87.6 Å². The van der Waals surface area contributed by atoms with Crippen LogP contribution >= 0.6 is 0 Å². The summed E-state index contributed by atoms with van der Waals surface area (Å²) in [7, 11) is 0. The number of nitrogens with one attached hydrogen (secondary N) is 1. The summed E-state index contributed by atoms with van der Waals surface area (Å²) in [4.78, 5) is 29.7. The summed E-state index contributed by atoms with van der Waals surface area (Å²) in [6.45, 7) is 5.22. The van der Waals surface area contributed by atoms with E-state index in [1.807, 2.05) is 32.0 Å². The third-order valence-electron chi connectivity index (χ3n) is 5.13. The number of carbonyl (C=O) groups is 1. The van der Waals surface area contributed by atoms with Gasteiger partial charge in [0.05, 0.1) is 17.9 Å². The van der Waals surface area contributed by atoms with Crippen molar-refractivity contribution >= 4 is 16.9 Å². The van der Waals surface area contributed by atoms with Crippen LogP contribution in [0, 0.1) is 25.5 Å². The van der Waals surface area contributed by atoms with E-state index in [4.69, 9.17) is 0 Å². The van der Waals surface area contributed by atoms with E-state index in [2.05, 4.69) is 15.4 Å². The Morgan fingerprint density at radius 1 is 1.12 bits per heavy atom. The predicted octanol–water partition coefficient (Wildman–Crippen LogP) is 3.35. The van der Waals surface area contributed by atoms with Crippen molar-refractivity contribution in [2.24, 2.45) is 0 Å². The standard InChI is InChI=1S/C23H21F2N5O2/c1-13-6-14(2)8-17(7-13)30-22-19(10-27-30)23(32)29(12-26-22)11-21(31)28-15(3)18-5-4-16(24)9-20(18)25/h4-10,12,15H,11H2,1-3H3,(H,28,31). The van der Waals surface area contributed by atoms with E-state index in [1.165, 1.54) is 23.2 Å². The molecule has 0 fully saturated rings. The van der Waals surface area contributed by atoms with E-state index in [-0.39, 0.29) is 17.5 Å². The first-order valence-corrected chi connectivity index (χ1v) is 9.99. The van der Waals surface area contributed by atoms with Crippen LogP contribution in [0.3, 0.4) is 0 Å². The molecule has 1 unspecified atom stereocenters. The fourth-order valence-electron chi connectivity index (χ4n) is 3.70. The molecule has 4 rings (SSSR count). The molecule has 7 nitrogen and oxygen atoms in total. The molecule has 1 amide bonds. The van der Waals surface area contributed by atoms with E-state index in [1.54, 1.807) is 11.6 Å². The maximum absolute atomic E-state index is 13.9. The second-order valence-corrected chi connectivity index (χ2v) is 7.77. The number of amides is 1. The van der Waals surface area contributed by atoms with Crippen molar-refractivity contribution < 1.29 is 13.6 Å². The minimum absolute atomic E-state index is 0.149. The molecular formula is C23H21F2N5O2. The van der Waals surface area contributed by atoms with Crippen molar-refractivity contribution in [1.82, 2.24) is 24.6 Å². The Kier molecular flexibility index (Phi) is 5.56. The Morgan fingerprint density at radius 2 is 1.84 bits per heavy atom. The maximum atomic E-state index is 13.9. The third-order valence-corrected chi connectivity index (χ3v) is 5.13. The Bertz CT molecular complexity index is 1370. The molecule has 0 saturated heterocycles. The van der Waals surface area contributed by atoms with Gasteiger partial charge in [0.2, 0.25) is 5.91 Å². The lowest BCUT2D eigenvalue weighted by Crippen LogP contribution is -2.34. The second kappa shape index (κ2) is 8.33. The molecule has 2 heterocycles. The molecule has 1 N–H and O–H groups in total. The average Bonchev–Trinajstić information content (AvgIpc) is 3.14. The largest absolute Gasteiger partial charge is 0.348 e. The van der Waals surface area contributed by atoms with Gasteiger partial charge in [0.1, 0.15) is 29.9 Å².